The van der Waals surface area contributed by atoms with Gasteiger partial charge < -0.3 is 5.73 Å². The second-order valence-electron chi connectivity index (χ2n) is 3.30. The van der Waals surface area contributed by atoms with Gasteiger partial charge in [0, 0.05) is 17.5 Å². The van der Waals surface area contributed by atoms with E-state index >= 15 is 0 Å². The van der Waals surface area contributed by atoms with E-state index < -0.39 is 0 Å². The smallest absolute Gasteiger partial charge is 0.145 e. The molecule has 2 N–H and O–H groups in total. The number of anilines is 1. The average Bonchev–Trinajstić information content (AvgIpc) is 2.65. The van der Waals surface area contributed by atoms with Crippen LogP contribution in [0.1, 0.15) is 17.9 Å². The predicted molar refractivity (Wildman–Crippen MR) is 63.2 cm³/mol. The van der Waals surface area contributed by atoms with Gasteiger partial charge in [0.05, 0.1) is 17.6 Å². The summed E-state index contributed by atoms with van der Waals surface area (Å²) in [5.41, 5.74) is 7.37. The summed E-state index contributed by atoms with van der Waals surface area (Å²) in [5.74, 6) is 0.502. The Bertz CT molecular complexity index is 447. The molecule has 0 amide bonds. The van der Waals surface area contributed by atoms with Crippen LogP contribution in [0.3, 0.4) is 0 Å². The molecule has 5 heteroatoms. The Morgan fingerprint density at radius 2 is 2.20 bits per heavy atom. The molecule has 0 spiro atoms. The summed E-state index contributed by atoms with van der Waals surface area (Å²) < 4.78 is 1.69. The van der Waals surface area contributed by atoms with E-state index in [9.17, 15) is 0 Å². The van der Waals surface area contributed by atoms with Gasteiger partial charge in [-0.15, -0.1) is 0 Å². The van der Waals surface area contributed by atoms with Gasteiger partial charge in [0.2, 0.25) is 0 Å². The molecule has 78 valence electrons. The first-order valence-electron chi connectivity index (χ1n) is 4.62. The molecule has 0 aliphatic rings. The van der Waals surface area contributed by atoms with Crippen molar-refractivity contribution in [3.05, 3.63) is 36.3 Å². The molecule has 2 heterocycles. The van der Waals surface area contributed by atoms with Crippen LogP contribution >= 0.6 is 12.6 Å². The van der Waals surface area contributed by atoms with Crippen LogP contribution in [-0.2, 0) is 0 Å². The lowest BCUT2D eigenvalue weighted by Crippen LogP contribution is -1.98. The first kappa shape index (κ1) is 10.0. The van der Waals surface area contributed by atoms with E-state index in [1.807, 2.05) is 19.1 Å². The van der Waals surface area contributed by atoms with E-state index in [2.05, 4.69) is 22.7 Å². The van der Waals surface area contributed by atoms with Gasteiger partial charge in [0.15, 0.2) is 0 Å². The number of rotatable bonds is 2. The van der Waals surface area contributed by atoms with Crippen molar-refractivity contribution >= 4 is 18.4 Å². The van der Waals surface area contributed by atoms with E-state index in [4.69, 9.17) is 5.73 Å². The summed E-state index contributed by atoms with van der Waals surface area (Å²) in [6.45, 7) is 1.98. The maximum absolute atomic E-state index is 5.53. The number of hydrogen-bond donors (Lipinski definition) is 2. The third kappa shape index (κ3) is 2.12. The van der Waals surface area contributed by atoms with Gasteiger partial charge in [-0.3, -0.25) is 4.98 Å². The number of hydrogen-bond acceptors (Lipinski definition) is 4. The van der Waals surface area contributed by atoms with Crippen LogP contribution in [0.25, 0.3) is 5.69 Å². The van der Waals surface area contributed by atoms with Crippen LogP contribution in [0.15, 0.2) is 30.6 Å². The molecule has 2 aromatic heterocycles. The van der Waals surface area contributed by atoms with Crippen LogP contribution < -0.4 is 5.73 Å². The highest BCUT2D eigenvalue weighted by Gasteiger charge is 2.02. The summed E-state index contributed by atoms with van der Waals surface area (Å²) in [5, 5.41) is 4.23. The van der Waals surface area contributed by atoms with Gasteiger partial charge >= 0.3 is 0 Å². The minimum Gasteiger partial charge on any atom is -0.382 e. The molecule has 0 aliphatic heterocycles. The first-order valence-corrected chi connectivity index (χ1v) is 5.14. The molecule has 4 nitrogen and oxygen atoms in total. The molecule has 0 aromatic carbocycles. The Labute approximate surface area is 93.5 Å². The Balaban J connectivity index is 2.31. The normalized spacial score (nSPS) is 12.7. The quantitative estimate of drug-likeness (QED) is 0.759. The average molecular weight is 220 g/mol. The molecule has 0 saturated carbocycles. The third-order valence-corrected chi connectivity index (χ3v) is 2.34. The lowest BCUT2D eigenvalue weighted by Gasteiger charge is -2.05. The van der Waals surface area contributed by atoms with Crippen molar-refractivity contribution in [3.8, 4) is 5.69 Å². The molecule has 0 radical (unpaired) electrons. The summed E-state index contributed by atoms with van der Waals surface area (Å²) in [6, 6.07) is 5.63. The van der Waals surface area contributed by atoms with E-state index in [-0.39, 0.29) is 5.25 Å². The number of nitrogens with two attached hydrogens (primary N) is 1. The highest BCUT2D eigenvalue weighted by Crippen LogP contribution is 2.17. The van der Waals surface area contributed by atoms with Crippen LogP contribution in [0, 0.1) is 0 Å². The van der Waals surface area contributed by atoms with Gasteiger partial charge in [-0.05, 0) is 19.1 Å². The summed E-state index contributed by atoms with van der Waals surface area (Å²) >= 11 is 4.31. The molecular weight excluding hydrogens is 208 g/mol. The molecule has 15 heavy (non-hydrogen) atoms. The lowest BCUT2D eigenvalue weighted by atomic mass is 10.3. The zero-order valence-electron chi connectivity index (χ0n) is 8.33. The Hall–Kier alpha value is -1.49. The lowest BCUT2D eigenvalue weighted by molar-refractivity contribution is 0.871. The van der Waals surface area contributed by atoms with E-state index in [0.29, 0.717) is 5.82 Å². The first-order chi connectivity index (χ1) is 7.16. The number of aromatic nitrogens is 3. The molecule has 2 aromatic rings. The maximum atomic E-state index is 5.53. The fourth-order valence-electron chi connectivity index (χ4n) is 1.26. The van der Waals surface area contributed by atoms with Crippen molar-refractivity contribution in [2.24, 2.45) is 0 Å². The number of nitrogen functional groups attached to an aromatic ring is 1. The second kappa shape index (κ2) is 3.94. The third-order valence-electron chi connectivity index (χ3n) is 2.07. The van der Waals surface area contributed by atoms with Gasteiger partial charge in [-0.1, -0.05) is 0 Å². The number of nitrogens with zero attached hydrogens (tertiary/aromatic N) is 3. The second-order valence-corrected chi connectivity index (χ2v) is 4.08. The minimum absolute atomic E-state index is 0.141. The van der Waals surface area contributed by atoms with Crippen molar-refractivity contribution in [1.29, 1.82) is 0 Å². The highest BCUT2D eigenvalue weighted by molar-refractivity contribution is 7.80. The van der Waals surface area contributed by atoms with Gasteiger partial charge in [0.25, 0.3) is 0 Å². The molecule has 1 unspecified atom stereocenters. The van der Waals surface area contributed by atoms with Crippen LogP contribution in [0.2, 0.25) is 0 Å². The van der Waals surface area contributed by atoms with E-state index in [1.165, 1.54) is 0 Å². The zero-order chi connectivity index (χ0) is 10.8. The summed E-state index contributed by atoms with van der Waals surface area (Å²) in [6.07, 6.45) is 3.56. The Morgan fingerprint density at radius 1 is 1.40 bits per heavy atom. The topological polar surface area (TPSA) is 56.7 Å². The SMILES string of the molecule is CC(S)c1ccc(-n2ccc(N)n2)cn1. The van der Waals surface area contributed by atoms with Crippen LogP contribution in [-0.4, -0.2) is 14.8 Å². The fraction of sp³-hybridized carbons (Fsp3) is 0.200. The largest absolute Gasteiger partial charge is 0.382 e. The van der Waals surface area contributed by atoms with Gasteiger partial charge in [-0.25, -0.2) is 4.68 Å². The summed E-state index contributed by atoms with van der Waals surface area (Å²) in [7, 11) is 0. The van der Waals surface area contributed by atoms with Crippen molar-refractivity contribution in [2.45, 2.75) is 12.2 Å². The van der Waals surface area contributed by atoms with Crippen LogP contribution in [0.5, 0.6) is 0 Å². The molecule has 1 atom stereocenters. The minimum atomic E-state index is 0.141. The Kier molecular flexibility index (Phi) is 2.64. The van der Waals surface area contributed by atoms with E-state index in [0.717, 1.165) is 11.4 Å². The monoisotopic (exact) mass is 220 g/mol. The molecule has 2 rings (SSSR count). The standard InChI is InChI=1S/C10H12N4S/c1-7(15)9-3-2-8(6-12-9)14-5-4-10(11)13-14/h2-7,15H,1H3,(H2,11,13). The number of pyridine rings is 1. The predicted octanol–water partition coefficient (Wildman–Crippen LogP) is 1.84. The molecule has 0 aliphatic carbocycles. The molecule has 0 fully saturated rings. The zero-order valence-corrected chi connectivity index (χ0v) is 9.22. The van der Waals surface area contributed by atoms with Crippen molar-refractivity contribution in [2.75, 3.05) is 5.73 Å². The molecule has 0 saturated heterocycles. The number of thiol groups is 1. The highest BCUT2D eigenvalue weighted by atomic mass is 32.1. The van der Waals surface area contributed by atoms with Gasteiger partial charge in [-0.2, -0.15) is 17.7 Å². The van der Waals surface area contributed by atoms with Crippen molar-refractivity contribution in [3.63, 3.8) is 0 Å². The fourth-order valence-corrected chi connectivity index (χ4v) is 1.41. The van der Waals surface area contributed by atoms with Gasteiger partial charge in [0.1, 0.15) is 5.82 Å². The van der Waals surface area contributed by atoms with Crippen molar-refractivity contribution in [1.82, 2.24) is 14.8 Å². The Morgan fingerprint density at radius 3 is 2.67 bits per heavy atom. The summed E-state index contributed by atoms with van der Waals surface area (Å²) in [4.78, 5) is 4.29. The molecule has 0 bridgehead atoms. The van der Waals surface area contributed by atoms with E-state index in [1.54, 1.807) is 23.1 Å². The molecular formula is C10H12N4S. The van der Waals surface area contributed by atoms with Crippen LogP contribution in [0.4, 0.5) is 5.82 Å². The maximum Gasteiger partial charge on any atom is 0.145 e. The van der Waals surface area contributed by atoms with Crippen molar-refractivity contribution < 1.29 is 0 Å².